The Morgan fingerprint density at radius 1 is 1.17 bits per heavy atom. The molecule has 1 N–H and O–H groups in total. The summed E-state index contributed by atoms with van der Waals surface area (Å²) in [6.07, 6.45) is 5.02. The lowest BCUT2D eigenvalue weighted by molar-refractivity contribution is -0.116. The predicted octanol–water partition coefficient (Wildman–Crippen LogP) is 3.89. The van der Waals surface area contributed by atoms with Gasteiger partial charge in [-0.2, -0.15) is 0 Å². The van der Waals surface area contributed by atoms with E-state index in [2.05, 4.69) is 11.9 Å². The molecule has 0 fully saturated rings. The maximum atomic E-state index is 11.9. The fourth-order valence-electron chi connectivity index (χ4n) is 2.05. The number of benzene rings is 2. The van der Waals surface area contributed by atoms with Gasteiger partial charge in [0.05, 0.1) is 0 Å². The first-order valence-electron chi connectivity index (χ1n) is 7.53. The van der Waals surface area contributed by atoms with Crippen LogP contribution < -0.4 is 10.1 Å². The van der Waals surface area contributed by atoms with Crippen LogP contribution in [0.2, 0.25) is 0 Å². The summed E-state index contributed by atoms with van der Waals surface area (Å²) in [5, 5.41) is 2.89. The van der Waals surface area contributed by atoms with Crippen LogP contribution in [-0.2, 0) is 11.3 Å². The van der Waals surface area contributed by atoms with E-state index in [0.29, 0.717) is 13.2 Å². The van der Waals surface area contributed by atoms with Gasteiger partial charge in [-0.15, -0.1) is 0 Å². The largest absolute Gasteiger partial charge is 0.490 e. The van der Waals surface area contributed by atoms with Crippen LogP contribution in [0.1, 0.15) is 16.7 Å². The molecule has 0 radical (unpaired) electrons. The molecule has 0 saturated carbocycles. The molecule has 118 valence electrons. The summed E-state index contributed by atoms with van der Waals surface area (Å²) in [4.78, 5) is 11.9. The van der Waals surface area contributed by atoms with Crippen molar-refractivity contribution in [1.82, 2.24) is 5.32 Å². The third kappa shape index (κ3) is 5.47. The molecule has 0 saturated heterocycles. The first kappa shape index (κ1) is 16.6. The van der Waals surface area contributed by atoms with Gasteiger partial charge < -0.3 is 10.1 Å². The molecule has 23 heavy (non-hydrogen) atoms. The topological polar surface area (TPSA) is 38.3 Å². The van der Waals surface area contributed by atoms with Crippen molar-refractivity contribution in [2.45, 2.75) is 13.5 Å². The van der Waals surface area contributed by atoms with E-state index in [1.165, 1.54) is 11.6 Å². The second-order valence-corrected chi connectivity index (χ2v) is 5.15. The van der Waals surface area contributed by atoms with Crippen molar-refractivity contribution in [3.8, 4) is 5.75 Å². The molecule has 0 atom stereocenters. The van der Waals surface area contributed by atoms with Gasteiger partial charge in [0.15, 0.2) is 0 Å². The highest BCUT2D eigenvalue weighted by atomic mass is 16.5. The zero-order valence-electron chi connectivity index (χ0n) is 13.3. The lowest BCUT2D eigenvalue weighted by Gasteiger charge is -2.06. The Balaban J connectivity index is 1.86. The Bertz CT molecular complexity index is 687. The quantitative estimate of drug-likeness (QED) is 0.622. The van der Waals surface area contributed by atoms with Gasteiger partial charge in [0, 0.05) is 12.6 Å². The lowest BCUT2D eigenvalue weighted by atomic mass is 10.1. The zero-order valence-corrected chi connectivity index (χ0v) is 13.3. The molecule has 1 amide bonds. The number of carbonyl (C=O) groups excluding carboxylic acids is 1. The minimum atomic E-state index is -0.111. The molecular weight excluding hydrogens is 286 g/mol. The van der Waals surface area contributed by atoms with Gasteiger partial charge in [0.2, 0.25) is 5.91 Å². The van der Waals surface area contributed by atoms with Crippen molar-refractivity contribution in [1.29, 1.82) is 0 Å². The zero-order chi connectivity index (χ0) is 16.5. The van der Waals surface area contributed by atoms with E-state index < -0.39 is 0 Å². The van der Waals surface area contributed by atoms with Gasteiger partial charge >= 0.3 is 0 Å². The summed E-state index contributed by atoms with van der Waals surface area (Å²) in [6, 6.07) is 15.6. The van der Waals surface area contributed by atoms with Crippen molar-refractivity contribution in [2.24, 2.45) is 0 Å². The van der Waals surface area contributed by atoms with E-state index in [1.54, 1.807) is 12.2 Å². The van der Waals surface area contributed by atoms with Crippen molar-refractivity contribution >= 4 is 12.0 Å². The predicted molar refractivity (Wildman–Crippen MR) is 94.2 cm³/mol. The van der Waals surface area contributed by atoms with Crippen LogP contribution in [-0.4, -0.2) is 12.5 Å². The summed E-state index contributed by atoms with van der Waals surface area (Å²) < 4.78 is 5.41. The summed E-state index contributed by atoms with van der Waals surface area (Å²) in [7, 11) is 0. The maximum Gasteiger partial charge on any atom is 0.244 e. The molecule has 0 spiro atoms. The Kier molecular flexibility index (Phi) is 6.18. The smallest absolute Gasteiger partial charge is 0.244 e. The van der Waals surface area contributed by atoms with Crippen molar-refractivity contribution < 1.29 is 9.53 Å². The van der Waals surface area contributed by atoms with Gasteiger partial charge in [-0.1, -0.05) is 49.1 Å². The van der Waals surface area contributed by atoms with E-state index in [-0.39, 0.29) is 5.91 Å². The molecule has 3 heteroatoms. The standard InChI is InChI=1S/C20H21NO2/c1-3-14-23-19-11-8-17(9-12-19)10-13-20(22)21-15-18-7-5-4-6-16(18)2/h3-13H,1,14-15H2,2H3,(H,21,22)/b13-10+. The minimum Gasteiger partial charge on any atom is -0.490 e. The third-order valence-electron chi connectivity index (χ3n) is 3.39. The van der Waals surface area contributed by atoms with Gasteiger partial charge in [-0.05, 0) is 41.8 Å². The third-order valence-corrected chi connectivity index (χ3v) is 3.39. The molecule has 0 aliphatic carbocycles. The first-order chi connectivity index (χ1) is 11.2. The summed E-state index contributed by atoms with van der Waals surface area (Å²) in [5.41, 5.74) is 3.24. The summed E-state index contributed by atoms with van der Waals surface area (Å²) in [5.74, 6) is 0.672. The summed E-state index contributed by atoms with van der Waals surface area (Å²) in [6.45, 7) is 6.66. The molecule has 2 aromatic carbocycles. The molecule has 0 aliphatic rings. The molecule has 0 bridgehead atoms. The molecule has 2 aromatic rings. The number of hydrogen-bond acceptors (Lipinski definition) is 2. The van der Waals surface area contributed by atoms with E-state index in [1.807, 2.05) is 55.5 Å². The van der Waals surface area contributed by atoms with Crippen molar-refractivity contribution in [2.75, 3.05) is 6.61 Å². The summed E-state index contributed by atoms with van der Waals surface area (Å²) >= 11 is 0. The van der Waals surface area contributed by atoms with E-state index in [4.69, 9.17) is 4.74 Å². The van der Waals surface area contributed by atoms with Crippen LogP contribution >= 0.6 is 0 Å². The number of ether oxygens (including phenoxy) is 1. The van der Waals surface area contributed by atoms with Crippen molar-refractivity contribution in [3.05, 3.63) is 84.0 Å². The number of nitrogens with one attached hydrogen (secondary N) is 1. The number of amides is 1. The van der Waals surface area contributed by atoms with E-state index in [0.717, 1.165) is 16.9 Å². The fraction of sp³-hybridized carbons (Fsp3) is 0.150. The monoisotopic (exact) mass is 307 g/mol. The Morgan fingerprint density at radius 2 is 1.91 bits per heavy atom. The molecule has 0 aromatic heterocycles. The van der Waals surface area contributed by atoms with Crippen LogP contribution in [0.3, 0.4) is 0 Å². The second-order valence-electron chi connectivity index (χ2n) is 5.15. The molecule has 2 rings (SSSR count). The molecule has 0 heterocycles. The molecule has 0 aliphatic heterocycles. The second kappa shape index (κ2) is 8.59. The normalized spacial score (nSPS) is 10.5. The van der Waals surface area contributed by atoms with Crippen molar-refractivity contribution in [3.63, 3.8) is 0 Å². The Labute approximate surface area is 137 Å². The highest BCUT2D eigenvalue weighted by molar-refractivity contribution is 5.91. The van der Waals surface area contributed by atoms with Gasteiger partial charge in [-0.3, -0.25) is 4.79 Å². The van der Waals surface area contributed by atoms with E-state index in [9.17, 15) is 4.79 Å². The number of aryl methyl sites for hydroxylation is 1. The minimum absolute atomic E-state index is 0.111. The average Bonchev–Trinajstić information content (AvgIpc) is 2.58. The number of hydrogen-bond donors (Lipinski definition) is 1. The van der Waals surface area contributed by atoms with Gasteiger partial charge in [0.25, 0.3) is 0 Å². The highest BCUT2D eigenvalue weighted by Gasteiger charge is 1.99. The molecular formula is C20H21NO2. The SMILES string of the molecule is C=CCOc1ccc(/C=C/C(=O)NCc2ccccc2C)cc1. The van der Waals surface area contributed by atoms with Gasteiger partial charge in [-0.25, -0.2) is 0 Å². The average molecular weight is 307 g/mol. The van der Waals surface area contributed by atoms with Crippen LogP contribution in [0.25, 0.3) is 6.08 Å². The highest BCUT2D eigenvalue weighted by Crippen LogP contribution is 2.13. The Hall–Kier alpha value is -2.81. The van der Waals surface area contributed by atoms with Crippen LogP contribution in [0.5, 0.6) is 5.75 Å². The lowest BCUT2D eigenvalue weighted by Crippen LogP contribution is -2.20. The van der Waals surface area contributed by atoms with Crippen LogP contribution in [0.15, 0.2) is 67.3 Å². The maximum absolute atomic E-state index is 11.9. The van der Waals surface area contributed by atoms with Crippen LogP contribution in [0.4, 0.5) is 0 Å². The number of rotatable bonds is 7. The van der Waals surface area contributed by atoms with Gasteiger partial charge in [0.1, 0.15) is 12.4 Å². The Morgan fingerprint density at radius 3 is 2.61 bits per heavy atom. The number of carbonyl (C=O) groups is 1. The molecule has 3 nitrogen and oxygen atoms in total. The van der Waals surface area contributed by atoms with E-state index >= 15 is 0 Å². The fourth-order valence-corrected chi connectivity index (χ4v) is 2.05. The first-order valence-corrected chi connectivity index (χ1v) is 7.53. The molecule has 0 unspecified atom stereocenters. The van der Waals surface area contributed by atoms with Crippen LogP contribution in [0, 0.1) is 6.92 Å².